The van der Waals surface area contributed by atoms with E-state index in [0.717, 1.165) is 11.6 Å². The maximum absolute atomic E-state index is 12.3. The summed E-state index contributed by atoms with van der Waals surface area (Å²) in [5.74, 6) is 1.38. The molecule has 1 amide bonds. The Morgan fingerprint density at radius 1 is 1.29 bits per heavy atom. The van der Waals surface area contributed by atoms with Crippen LogP contribution >= 0.6 is 11.8 Å². The number of anilines is 1. The van der Waals surface area contributed by atoms with Crippen LogP contribution in [0.2, 0.25) is 0 Å². The number of hydrogen-bond donors (Lipinski definition) is 1. The summed E-state index contributed by atoms with van der Waals surface area (Å²) in [7, 11) is 0. The number of nitro groups is 1. The highest BCUT2D eigenvalue weighted by atomic mass is 32.2. The number of nitrogens with one attached hydrogen (secondary N) is 1. The summed E-state index contributed by atoms with van der Waals surface area (Å²) in [6, 6.07) is 9.69. The van der Waals surface area contributed by atoms with Crippen LogP contribution in [0.25, 0.3) is 0 Å². The lowest BCUT2D eigenvalue weighted by Gasteiger charge is -2.10. The number of amides is 1. The Kier molecular flexibility index (Phi) is 6.09. The van der Waals surface area contributed by atoms with Gasteiger partial charge >= 0.3 is 0 Å². The van der Waals surface area contributed by atoms with Crippen LogP contribution in [0.3, 0.4) is 0 Å². The Hall–Kier alpha value is -3.14. The van der Waals surface area contributed by atoms with Gasteiger partial charge in [0.05, 0.1) is 23.5 Å². The second kappa shape index (κ2) is 8.70. The quantitative estimate of drug-likeness (QED) is 0.348. The number of furan rings is 1. The molecule has 0 saturated heterocycles. The zero-order chi connectivity index (χ0) is 20.1. The first-order valence-corrected chi connectivity index (χ1v) is 9.55. The number of para-hydroxylation sites is 2. The van der Waals surface area contributed by atoms with Gasteiger partial charge in [-0.15, -0.1) is 10.2 Å². The van der Waals surface area contributed by atoms with Crippen LogP contribution in [0.1, 0.15) is 31.4 Å². The van der Waals surface area contributed by atoms with Crippen LogP contribution in [0.4, 0.5) is 11.4 Å². The van der Waals surface area contributed by atoms with Gasteiger partial charge in [0.2, 0.25) is 5.91 Å². The van der Waals surface area contributed by atoms with Crippen LogP contribution < -0.4 is 5.32 Å². The van der Waals surface area contributed by atoms with Gasteiger partial charge in [-0.25, -0.2) is 0 Å². The van der Waals surface area contributed by atoms with Gasteiger partial charge < -0.3 is 9.73 Å². The normalized spacial score (nSPS) is 11.0. The molecule has 1 N–H and O–H groups in total. The molecule has 146 valence electrons. The minimum Gasteiger partial charge on any atom is -0.467 e. The van der Waals surface area contributed by atoms with Crippen molar-refractivity contribution < 1.29 is 14.1 Å². The fourth-order valence-electron chi connectivity index (χ4n) is 2.60. The molecule has 0 spiro atoms. The topological polar surface area (TPSA) is 116 Å². The van der Waals surface area contributed by atoms with E-state index in [2.05, 4.69) is 15.5 Å². The van der Waals surface area contributed by atoms with Crippen LogP contribution in [0.15, 0.2) is 52.2 Å². The molecule has 0 bridgehead atoms. The minimum atomic E-state index is -0.530. The van der Waals surface area contributed by atoms with E-state index in [9.17, 15) is 14.9 Å². The van der Waals surface area contributed by atoms with E-state index in [1.165, 1.54) is 23.9 Å². The summed E-state index contributed by atoms with van der Waals surface area (Å²) in [6.07, 6.45) is 1.60. The van der Waals surface area contributed by atoms with Crippen LogP contribution in [-0.2, 0) is 11.3 Å². The Morgan fingerprint density at radius 2 is 2.07 bits per heavy atom. The number of aromatic nitrogens is 3. The molecule has 0 aliphatic heterocycles. The summed E-state index contributed by atoms with van der Waals surface area (Å²) in [5.41, 5.74) is 0.0157. The molecule has 2 aromatic heterocycles. The summed E-state index contributed by atoms with van der Waals surface area (Å²) in [6.45, 7) is 4.48. The zero-order valence-electron chi connectivity index (χ0n) is 15.4. The third kappa shape index (κ3) is 4.58. The van der Waals surface area contributed by atoms with Crippen molar-refractivity contribution in [2.24, 2.45) is 0 Å². The Bertz CT molecular complexity index is 968. The van der Waals surface area contributed by atoms with Gasteiger partial charge in [0.25, 0.3) is 5.69 Å². The van der Waals surface area contributed by atoms with Crippen molar-refractivity contribution in [3.8, 4) is 0 Å². The van der Waals surface area contributed by atoms with Gasteiger partial charge in [-0.2, -0.15) is 0 Å². The third-order valence-electron chi connectivity index (χ3n) is 3.86. The molecule has 2 heterocycles. The molecule has 0 aliphatic carbocycles. The molecule has 0 radical (unpaired) electrons. The fourth-order valence-corrected chi connectivity index (χ4v) is 3.34. The summed E-state index contributed by atoms with van der Waals surface area (Å²) in [5, 5.41) is 22.6. The largest absolute Gasteiger partial charge is 0.467 e. The number of carbonyl (C=O) groups excluding carboxylic acids is 1. The van der Waals surface area contributed by atoms with Crippen LogP contribution in [0, 0.1) is 10.1 Å². The Morgan fingerprint density at radius 3 is 2.75 bits per heavy atom. The molecule has 0 aliphatic rings. The number of benzene rings is 1. The molecule has 1 aromatic carbocycles. The lowest BCUT2D eigenvalue weighted by molar-refractivity contribution is -0.383. The molecule has 0 saturated carbocycles. The third-order valence-corrected chi connectivity index (χ3v) is 4.83. The first-order valence-electron chi connectivity index (χ1n) is 8.57. The van der Waals surface area contributed by atoms with Gasteiger partial charge in [0, 0.05) is 12.0 Å². The molecule has 0 unspecified atom stereocenters. The molecule has 0 fully saturated rings. The number of nitro benzene ring substituents is 1. The predicted molar refractivity (Wildman–Crippen MR) is 104 cm³/mol. The van der Waals surface area contributed by atoms with Crippen molar-refractivity contribution in [1.82, 2.24) is 14.8 Å². The summed E-state index contributed by atoms with van der Waals surface area (Å²) >= 11 is 1.21. The van der Waals surface area contributed by atoms with E-state index in [1.807, 2.05) is 30.5 Å². The van der Waals surface area contributed by atoms with E-state index in [1.54, 1.807) is 18.4 Å². The fraction of sp³-hybridized carbons (Fsp3) is 0.278. The van der Waals surface area contributed by atoms with E-state index >= 15 is 0 Å². The average Bonchev–Trinajstić information content (AvgIpc) is 3.30. The zero-order valence-corrected chi connectivity index (χ0v) is 16.2. The van der Waals surface area contributed by atoms with Crippen molar-refractivity contribution >= 4 is 29.0 Å². The smallest absolute Gasteiger partial charge is 0.292 e. The highest BCUT2D eigenvalue weighted by Gasteiger charge is 2.19. The molecule has 28 heavy (non-hydrogen) atoms. The number of carbonyl (C=O) groups is 1. The second-order valence-corrected chi connectivity index (χ2v) is 7.21. The molecule has 9 nitrogen and oxygen atoms in total. The standard InChI is InChI=1S/C18H19N5O4S/c1-12(2)17-20-21-18(22(17)10-13-6-5-9-27-13)28-11-16(24)19-14-7-3-4-8-15(14)23(25)26/h3-9,12H,10-11H2,1-2H3,(H,19,24). The first kappa shape index (κ1) is 19.6. The number of thioether (sulfide) groups is 1. The van der Waals surface area contributed by atoms with E-state index in [0.29, 0.717) is 11.7 Å². The SMILES string of the molecule is CC(C)c1nnc(SCC(=O)Nc2ccccc2[N+](=O)[O-])n1Cc1ccco1. The van der Waals surface area contributed by atoms with Crippen molar-refractivity contribution in [2.45, 2.75) is 31.5 Å². The van der Waals surface area contributed by atoms with E-state index < -0.39 is 4.92 Å². The van der Waals surface area contributed by atoms with E-state index in [-0.39, 0.29) is 29.0 Å². The number of nitrogens with zero attached hydrogens (tertiary/aromatic N) is 4. The molecular weight excluding hydrogens is 382 g/mol. The number of hydrogen-bond acceptors (Lipinski definition) is 7. The average molecular weight is 401 g/mol. The Labute approximate surface area is 165 Å². The molecule has 0 atom stereocenters. The summed E-state index contributed by atoms with van der Waals surface area (Å²) < 4.78 is 7.32. The van der Waals surface area contributed by atoms with Crippen molar-refractivity contribution in [2.75, 3.05) is 11.1 Å². The van der Waals surface area contributed by atoms with Gasteiger partial charge in [-0.1, -0.05) is 37.7 Å². The Balaban J connectivity index is 1.70. The van der Waals surface area contributed by atoms with Crippen molar-refractivity contribution in [3.63, 3.8) is 0 Å². The van der Waals surface area contributed by atoms with Gasteiger partial charge in [-0.05, 0) is 18.2 Å². The first-order chi connectivity index (χ1) is 13.5. The lowest BCUT2D eigenvalue weighted by Crippen LogP contribution is -2.16. The molecule has 3 rings (SSSR count). The van der Waals surface area contributed by atoms with Gasteiger partial charge in [-0.3, -0.25) is 19.5 Å². The van der Waals surface area contributed by atoms with E-state index in [4.69, 9.17) is 4.42 Å². The highest BCUT2D eigenvalue weighted by Crippen LogP contribution is 2.25. The van der Waals surface area contributed by atoms with Crippen LogP contribution in [0.5, 0.6) is 0 Å². The molecule has 10 heteroatoms. The minimum absolute atomic E-state index is 0.0421. The molecule has 3 aromatic rings. The van der Waals surface area contributed by atoms with Crippen molar-refractivity contribution in [3.05, 3.63) is 64.4 Å². The predicted octanol–water partition coefficient (Wildman–Crippen LogP) is 3.68. The monoisotopic (exact) mass is 401 g/mol. The van der Waals surface area contributed by atoms with Crippen LogP contribution in [-0.4, -0.2) is 31.3 Å². The molecular formula is C18H19N5O4S. The lowest BCUT2D eigenvalue weighted by atomic mass is 10.2. The maximum Gasteiger partial charge on any atom is 0.292 e. The maximum atomic E-state index is 12.3. The van der Waals surface area contributed by atoms with Crippen molar-refractivity contribution in [1.29, 1.82) is 0 Å². The van der Waals surface area contributed by atoms with Gasteiger partial charge in [0.15, 0.2) is 5.16 Å². The highest BCUT2D eigenvalue weighted by molar-refractivity contribution is 7.99. The second-order valence-electron chi connectivity index (χ2n) is 6.27. The van der Waals surface area contributed by atoms with Gasteiger partial charge in [0.1, 0.15) is 17.3 Å². The summed E-state index contributed by atoms with van der Waals surface area (Å²) in [4.78, 5) is 22.8. The number of rotatable bonds is 8.